The van der Waals surface area contributed by atoms with Crippen molar-refractivity contribution in [2.75, 3.05) is 12.4 Å². The van der Waals surface area contributed by atoms with Gasteiger partial charge in [-0.2, -0.15) is 0 Å². The third-order valence-corrected chi connectivity index (χ3v) is 4.16. The first-order chi connectivity index (χ1) is 7.53. The van der Waals surface area contributed by atoms with E-state index in [4.69, 9.17) is 0 Å². The van der Waals surface area contributed by atoms with E-state index in [0.29, 0.717) is 16.3 Å². The summed E-state index contributed by atoms with van der Waals surface area (Å²) in [5.74, 6) is 0.417. The molecule has 1 aromatic rings. The molecule has 0 radical (unpaired) electrons. The van der Waals surface area contributed by atoms with Gasteiger partial charge >= 0.3 is 0 Å². The second-order valence-corrected chi connectivity index (χ2v) is 6.40. The lowest BCUT2D eigenvalue weighted by Gasteiger charge is -2.10. The van der Waals surface area contributed by atoms with E-state index in [9.17, 15) is 8.42 Å². The number of halogens is 1. The highest BCUT2D eigenvalue weighted by Gasteiger charge is 2.25. The Labute approximate surface area is 103 Å². The molecule has 7 heteroatoms. The monoisotopic (exact) mass is 305 g/mol. The number of pyridine rings is 1. The highest BCUT2D eigenvalue weighted by molar-refractivity contribution is 9.10. The van der Waals surface area contributed by atoms with Crippen LogP contribution in [0.1, 0.15) is 12.8 Å². The van der Waals surface area contributed by atoms with Crippen LogP contribution in [0.3, 0.4) is 0 Å². The van der Waals surface area contributed by atoms with Crippen LogP contribution in [0, 0.1) is 0 Å². The van der Waals surface area contributed by atoms with E-state index in [1.54, 1.807) is 12.3 Å². The number of nitrogens with one attached hydrogen (secondary N) is 2. The zero-order chi connectivity index (χ0) is 11.8. The summed E-state index contributed by atoms with van der Waals surface area (Å²) in [5, 5.41) is 3.10. The second-order valence-electron chi connectivity index (χ2n) is 3.63. The largest absolute Gasteiger partial charge is 0.366 e. The molecule has 1 heterocycles. The molecule has 1 aliphatic rings. The summed E-state index contributed by atoms with van der Waals surface area (Å²) >= 11 is 3.22. The summed E-state index contributed by atoms with van der Waals surface area (Å²) in [6.07, 6.45) is 3.72. The molecule has 88 valence electrons. The van der Waals surface area contributed by atoms with Crippen LogP contribution < -0.4 is 10.0 Å². The molecule has 0 aliphatic heterocycles. The molecule has 0 atom stereocenters. The highest BCUT2D eigenvalue weighted by atomic mass is 79.9. The summed E-state index contributed by atoms with van der Waals surface area (Å²) in [7, 11) is -2.09. The Kier molecular flexibility index (Phi) is 3.18. The Bertz CT molecular complexity index is 499. The summed E-state index contributed by atoms with van der Waals surface area (Å²) in [6.45, 7) is 0. The summed E-state index contributed by atoms with van der Waals surface area (Å²) in [6, 6.07) is 1.91. The lowest BCUT2D eigenvalue weighted by Crippen LogP contribution is -2.21. The van der Waals surface area contributed by atoms with Gasteiger partial charge in [0, 0.05) is 16.7 Å². The second kappa shape index (κ2) is 4.31. The van der Waals surface area contributed by atoms with E-state index in [2.05, 4.69) is 31.0 Å². The predicted octanol–water partition coefficient (Wildman–Crippen LogP) is 1.33. The van der Waals surface area contributed by atoms with Crippen molar-refractivity contribution in [1.82, 2.24) is 9.71 Å². The minimum Gasteiger partial charge on any atom is -0.366 e. The van der Waals surface area contributed by atoms with Crippen LogP contribution in [0.4, 0.5) is 5.82 Å². The molecule has 1 fully saturated rings. The fourth-order valence-corrected chi connectivity index (χ4v) is 2.62. The Hall–Kier alpha value is -0.660. The molecule has 2 rings (SSSR count). The zero-order valence-corrected chi connectivity index (χ0v) is 11.1. The average Bonchev–Trinajstić information content (AvgIpc) is 3.04. The van der Waals surface area contributed by atoms with Gasteiger partial charge in [0.2, 0.25) is 10.0 Å². The van der Waals surface area contributed by atoms with Crippen LogP contribution in [0.2, 0.25) is 0 Å². The van der Waals surface area contributed by atoms with Crippen LogP contribution in [0.15, 0.2) is 21.6 Å². The Morgan fingerprint density at radius 2 is 2.19 bits per heavy atom. The van der Waals surface area contributed by atoms with Crippen LogP contribution in [0.25, 0.3) is 0 Å². The first kappa shape index (κ1) is 11.8. The third-order valence-electron chi connectivity index (χ3n) is 2.30. The summed E-state index contributed by atoms with van der Waals surface area (Å²) in [5.41, 5.74) is 0. The number of rotatable bonds is 4. The molecule has 1 saturated carbocycles. The fraction of sp³-hybridized carbons (Fsp3) is 0.444. The lowest BCUT2D eigenvalue weighted by atomic mass is 10.4. The Morgan fingerprint density at radius 3 is 2.75 bits per heavy atom. The highest BCUT2D eigenvalue weighted by Crippen LogP contribution is 2.28. The maximum Gasteiger partial charge on any atom is 0.244 e. The molecule has 1 aromatic heterocycles. The van der Waals surface area contributed by atoms with Gasteiger partial charge in [0.1, 0.15) is 10.7 Å². The Balaban J connectivity index is 2.43. The van der Waals surface area contributed by atoms with Crippen molar-refractivity contribution in [1.29, 1.82) is 0 Å². The minimum absolute atomic E-state index is 0.177. The van der Waals surface area contributed by atoms with Gasteiger partial charge in [-0.25, -0.2) is 18.1 Å². The molecule has 0 amide bonds. The number of nitrogens with zero attached hydrogens (tertiary/aromatic N) is 1. The number of aromatic nitrogens is 1. The molecule has 0 saturated heterocycles. The van der Waals surface area contributed by atoms with Gasteiger partial charge in [0.25, 0.3) is 0 Å². The van der Waals surface area contributed by atoms with Crippen LogP contribution in [-0.2, 0) is 10.0 Å². The first-order valence-electron chi connectivity index (χ1n) is 4.88. The van der Waals surface area contributed by atoms with Gasteiger partial charge in [-0.1, -0.05) is 0 Å². The van der Waals surface area contributed by atoms with Gasteiger partial charge in [-0.3, -0.25) is 0 Å². The maximum absolute atomic E-state index is 11.8. The average molecular weight is 306 g/mol. The molecular formula is C9H12BrN3O2S. The smallest absolute Gasteiger partial charge is 0.244 e. The molecule has 2 N–H and O–H groups in total. The predicted molar refractivity (Wildman–Crippen MR) is 64.8 cm³/mol. The Morgan fingerprint density at radius 1 is 1.50 bits per heavy atom. The SMILES string of the molecule is CNS(=O)(=O)c1cc(Br)cnc1NC1CC1. The van der Waals surface area contributed by atoms with Crippen LogP contribution in [0.5, 0.6) is 0 Å². The lowest BCUT2D eigenvalue weighted by molar-refractivity contribution is 0.588. The summed E-state index contributed by atoms with van der Waals surface area (Å²) < 4.78 is 26.5. The van der Waals surface area contributed by atoms with Gasteiger partial charge in [-0.05, 0) is 41.9 Å². The van der Waals surface area contributed by atoms with E-state index in [-0.39, 0.29) is 4.90 Å². The molecule has 0 unspecified atom stereocenters. The number of hydrogen-bond donors (Lipinski definition) is 2. The van der Waals surface area contributed by atoms with E-state index in [0.717, 1.165) is 12.8 Å². The molecule has 0 bridgehead atoms. The van der Waals surface area contributed by atoms with Gasteiger partial charge in [0.05, 0.1) is 0 Å². The third kappa shape index (κ3) is 2.53. The van der Waals surface area contributed by atoms with E-state index >= 15 is 0 Å². The normalized spacial score (nSPS) is 16.1. The van der Waals surface area contributed by atoms with Crippen molar-refractivity contribution in [3.63, 3.8) is 0 Å². The van der Waals surface area contributed by atoms with Crippen molar-refractivity contribution in [3.8, 4) is 0 Å². The minimum atomic E-state index is -3.47. The number of hydrogen-bond acceptors (Lipinski definition) is 4. The van der Waals surface area contributed by atoms with Gasteiger partial charge < -0.3 is 5.32 Å². The van der Waals surface area contributed by atoms with Gasteiger partial charge in [-0.15, -0.1) is 0 Å². The quantitative estimate of drug-likeness (QED) is 0.880. The number of sulfonamides is 1. The topological polar surface area (TPSA) is 71.1 Å². The molecule has 16 heavy (non-hydrogen) atoms. The van der Waals surface area contributed by atoms with Crippen molar-refractivity contribution in [3.05, 3.63) is 16.7 Å². The molecule has 5 nitrogen and oxygen atoms in total. The number of anilines is 1. The fourth-order valence-electron chi connectivity index (χ4n) is 1.26. The molecule has 0 spiro atoms. The van der Waals surface area contributed by atoms with Crippen LogP contribution >= 0.6 is 15.9 Å². The molecule has 0 aromatic carbocycles. The standard InChI is InChI=1S/C9H12BrN3O2S/c1-11-16(14,15)8-4-6(10)5-12-9(8)13-7-2-3-7/h4-5,7,11H,2-3H2,1H3,(H,12,13). The maximum atomic E-state index is 11.8. The van der Waals surface area contributed by atoms with E-state index in [1.807, 2.05) is 0 Å². The molecular weight excluding hydrogens is 294 g/mol. The summed E-state index contributed by atoms with van der Waals surface area (Å²) in [4.78, 5) is 4.27. The van der Waals surface area contributed by atoms with E-state index in [1.165, 1.54) is 7.05 Å². The van der Waals surface area contributed by atoms with Crippen LogP contribution in [-0.4, -0.2) is 26.5 Å². The zero-order valence-electron chi connectivity index (χ0n) is 8.70. The van der Waals surface area contributed by atoms with Crippen molar-refractivity contribution in [2.45, 2.75) is 23.8 Å². The van der Waals surface area contributed by atoms with Crippen molar-refractivity contribution in [2.24, 2.45) is 0 Å². The van der Waals surface area contributed by atoms with Crippen molar-refractivity contribution >= 4 is 31.8 Å². The van der Waals surface area contributed by atoms with E-state index < -0.39 is 10.0 Å². The first-order valence-corrected chi connectivity index (χ1v) is 7.16. The van der Waals surface area contributed by atoms with Gasteiger partial charge in [0.15, 0.2) is 0 Å². The van der Waals surface area contributed by atoms with Crippen molar-refractivity contribution < 1.29 is 8.42 Å². The molecule has 1 aliphatic carbocycles.